The van der Waals surface area contributed by atoms with Gasteiger partial charge in [0.25, 0.3) is 0 Å². The average Bonchev–Trinajstić information content (AvgIpc) is 3.15. The molecule has 26 heavy (non-hydrogen) atoms. The van der Waals surface area contributed by atoms with Gasteiger partial charge >= 0.3 is 0 Å². The minimum Gasteiger partial charge on any atom is -0.352 e. The maximum Gasteiger partial charge on any atom is 0.220 e. The number of carbonyl (C=O) groups excluding carboxylic acids is 1. The maximum absolute atomic E-state index is 12.3. The van der Waals surface area contributed by atoms with Gasteiger partial charge in [-0.25, -0.2) is 0 Å². The average molecular weight is 354 g/mol. The lowest BCUT2D eigenvalue weighted by Crippen LogP contribution is -2.23. The van der Waals surface area contributed by atoms with Crippen LogP contribution >= 0.6 is 0 Å². The standard InChI is InChI=1S/C21H30N4O/c1-14(2)13-25-16(4)20(15(3)24-25)7-8-21(26)23-10-17-5-6-18-11-22-12-19(18)9-17/h5-6,9,14,22H,7-8,10-13H2,1-4H3,(H,23,26). The Morgan fingerprint density at radius 1 is 1.27 bits per heavy atom. The van der Waals surface area contributed by atoms with Crippen molar-refractivity contribution >= 4 is 5.91 Å². The first kappa shape index (κ1) is 18.6. The molecule has 0 bridgehead atoms. The van der Waals surface area contributed by atoms with E-state index >= 15 is 0 Å². The zero-order valence-electron chi connectivity index (χ0n) is 16.4. The lowest BCUT2D eigenvalue weighted by molar-refractivity contribution is -0.121. The molecule has 0 unspecified atom stereocenters. The van der Waals surface area contributed by atoms with Crippen LogP contribution in [-0.4, -0.2) is 15.7 Å². The molecule has 1 aliphatic heterocycles. The van der Waals surface area contributed by atoms with E-state index in [0.29, 0.717) is 18.9 Å². The third-order valence-electron chi connectivity index (χ3n) is 5.06. The number of hydrogen-bond acceptors (Lipinski definition) is 3. The number of rotatable bonds is 7. The predicted molar refractivity (Wildman–Crippen MR) is 104 cm³/mol. The lowest BCUT2D eigenvalue weighted by Gasteiger charge is -2.09. The van der Waals surface area contributed by atoms with Crippen LogP contribution in [0, 0.1) is 19.8 Å². The van der Waals surface area contributed by atoms with E-state index in [0.717, 1.165) is 37.3 Å². The van der Waals surface area contributed by atoms with Crippen molar-refractivity contribution in [3.05, 3.63) is 51.8 Å². The minimum absolute atomic E-state index is 0.0963. The molecular weight excluding hydrogens is 324 g/mol. The first-order valence-electron chi connectivity index (χ1n) is 9.55. The molecule has 1 aromatic carbocycles. The zero-order valence-corrected chi connectivity index (χ0v) is 16.4. The number of carbonyl (C=O) groups is 1. The van der Waals surface area contributed by atoms with Crippen molar-refractivity contribution in [2.24, 2.45) is 5.92 Å². The van der Waals surface area contributed by atoms with Crippen molar-refractivity contribution in [2.45, 2.75) is 66.7 Å². The summed E-state index contributed by atoms with van der Waals surface area (Å²) in [7, 11) is 0. The van der Waals surface area contributed by atoms with Crippen molar-refractivity contribution in [3.63, 3.8) is 0 Å². The van der Waals surface area contributed by atoms with E-state index in [9.17, 15) is 4.79 Å². The molecule has 1 amide bonds. The van der Waals surface area contributed by atoms with Crippen molar-refractivity contribution < 1.29 is 4.79 Å². The van der Waals surface area contributed by atoms with Gasteiger partial charge in [0.05, 0.1) is 5.69 Å². The smallest absolute Gasteiger partial charge is 0.220 e. The second-order valence-electron chi connectivity index (χ2n) is 7.71. The van der Waals surface area contributed by atoms with Crippen LogP contribution in [0.5, 0.6) is 0 Å². The summed E-state index contributed by atoms with van der Waals surface area (Å²) in [5.74, 6) is 0.658. The molecule has 1 aromatic heterocycles. The largest absolute Gasteiger partial charge is 0.352 e. The van der Waals surface area contributed by atoms with Crippen LogP contribution < -0.4 is 10.6 Å². The summed E-state index contributed by atoms with van der Waals surface area (Å²) in [4.78, 5) is 12.3. The molecule has 0 atom stereocenters. The Labute approximate surface area is 156 Å². The molecule has 0 saturated heterocycles. The molecule has 140 valence electrons. The van der Waals surface area contributed by atoms with Gasteiger partial charge in [-0.2, -0.15) is 5.10 Å². The molecular formula is C21H30N4O. The van der Waals surface area contributed by atoms with E-state index in [4.69, 9.17) is 0 Å². The highest BCUT2D eigenvalue weighted by atomic mass is 16.1. The SMILES string of the molecule is Cc1nn(CC(C)C)c(C)c1CCC(=O)NCc1ccc2c(c1)CNC2. The van der Waals surface area contributed by atoms with Gasteiger partial charge in [-0.15, -0.1) is 0 Å². The highest BCUT2D eigenvalue weighted by Crippen LogP contribution is 2.18. The van der Waals surface area contributed by atoms with E-state index in [1.165, 1.54) is 22.4 Å². The number of hydrogen-bond donors (Lipinski definition) is 2. The summed E-state index contributed by atoms with van der Waals surface area (Å²) >= 11 is 0. The number of fused-ring (bicyclic) bond motifs is 1. The van der Waals surface area contributed by atoms with Crippen molar-refractivity contribution in [2.75, 3.05) is 0 Å². The Bertz CT molecular complexity index is 792. The molecule has 2 aromatic rings. The third kappa shape index (κ3) is 4.33. The molecule has 0 radical (unpaired) electrons. The van der Waals surface area contributed by atoms with Gasteiger partial charge in [-0.1, -0.05) is 32.0 Å². The van der Waals surface area contributed by atoms with E-state index in [2.05, 4.69) is 59.4 Å². The van der Waals surface area contributed by atoms with Gasteiger partial charge < -0.3 is 10.6 Å². The molecule has 0 spiro atoms. The molecule has 0 fully saturated rings. The molecule has 5 nitrogen and oxygen atoms in total. The second-order valence-corrected chi connectivity index (χ2v) is 7.71. The quantitative estimate of drug-likeness (QED) is 0.803. The second kappa shape index (κ2) is 8.04. The Kier molecular flexibility index (Phi) is 5.77. The van der Waals surface area contributed by atoms with Gasteiger partial charge in [0.1, 0.15) is 0 Å². The van der Waals surface area contributed by atoms with Gasteiger partial charge in [-0.3, -0.25) is 9.48 Å². The van der Waals surface area contributed by atoms with Crippen LogP contribution in [0.3, 0.4) is 0 Å². The normalized spacial score (nSPS) is 13.3. The first-order chi connectivity index (χ1) is 12.4. The predicted octanol–water partition coefficient (Wildman–Crippen LogP) is 3.01. The number of aromatic nitrogens is 2. The maximum atomic E-state index is 12.3. The fourth-order valence-corrected chi connectivity index (χ4v) is 3.61. The van der Waals surface area contributed by atoms with Gasteiger partial charge in [0.2, 0.25) is 5.91 Å². The Morgan fingerprint density at radius 3 is 2.81 bits per heavy atom. The third-order valence-corrected chi connectivity index (χ3v) is 5.06. The molecule has 2 heterocycles. The number of aryl methyl sites for hydroxylation is 1. The summed E-state index contributed by atoms with van der Waals surface area (Å²) in [6.45, 7) is 11.9. The number of amides is 1. The summed E-state index contributed by atoms with van der Waals surface area (Å²) < 4.78 is 2.08. The number of nitrogens with one attached hydrogen (secondary N) is 2. The molecule has 0 aliphatic carbocycles. The highest BCUT2D eigenvalue weighted by molar-refractivity contribution is 5.76. The van der Waals surface area contributed by atoms with Gasteiger partial charge in [0, 0.05) is 38.3 Å². The van der Waals surface area contributed by atoms with E-state index in [1.54, 1.807) is 0 Å². The summed E-state index contributed by atoms with van der Waals surface area (Å²) in [6, 6.07) is 6.46. The number of nitrogens with zero attached hydrogens (tertiary/aromatic N) is 2. The highest BCUT2D eigenvalue weighted by Gasteiger charge is 2.14. The van der Waals surface area contributed by atoms with Crippen molar-refractivity contribution in [3.8, 4) is 0 Å². The summed E-state index contributed by atoms with van der Waals surface area (Å²) in [5.41, 5.74) is 7.32. The first-order valence-corrected chi connectivity index (χ1v) is 9.55. The van der Waals surface area contributed by atoms with Gasteiger partial charge in [-0.05, 0) is 48.4 Å². The Hall–Kier alpha value is -2.14. The van der Waals surface area contributed by atoms with Crippen LogP contribution in [0.2, 0.25) is 0 Å². The molecule has 3 rings (SSSR count). The fourth-order valence-electron chi connectivity index (χ4n) is 3.61. The lowest BCUT2D eigenvalue weighted by atomic mass is 10.1. The fraction of sp³-hybridized carbons (Fsp3) is 0.524. The van der Waals surface area contributed by atoms with E-state index in [-0.39, 0.29) is 5.91 Å². The van der Waals surface area contributed by atoms with Gasteiger partial charge in [0.15, 0.2) is 0 Å². The van der Waals surface area contributed by atoms with Crippen LogP contribution in [0.15, 0.2) is 18.2 Å². The van der Waals surface area contributed by atoms with Crippen LogP contribution in [-0.2, 0) is 37.4 Å². The topological polar surface area (TPSA) is 59.0 Å². The molecule has 2 N–H and O–H groups in total. The Morgan fingerprint density at radius 2 is 2.04 bits per heavy atom. The Balaban J connectivity index is 1.52. The summed E-state index contributed by atoms with van der Waals surface area (Å²) in [5, 5.41) is 11.0. The molecule has 0 saturated carbocycles. The summed E-state index contributed by atoms with van der Waals surface area (Å²) in [6.07, 6.45) is 1.25. The minimum atomic E-state index is 0.0963. The van der Waals surface area contributed by atoms with E-state index in [1.807, 2.05) is 6.92 Å². The number of benzene rings is 1. The van der Waals surface area contributed by atoms with Crippen molar-refractivity contribution in [1.29, 1.82) is 0 Å². The van der Waals surface area contributed by atoms with Crippen LogP contribution in [0.25, 0.3) is 0 Å². The van der Waals surface area contributed by atoms with Crippen LogP contribution in [0.1, 0.15) is 53.9 Å². The monoisotopic (exact) mass is 354 g/mol. The van der Waals surface area contributed by atoms with Crippen LogP contribution in [0.4, 0.5) is 0 Å². The molecule has 5 heteroatoms. The molecule has 1 aliphatic rings. The van der Waals surface area contributed by atoms with Crippen molar-refractivity contribution in [1.82, 2.24) is 20.4 Å². The van der Waals surface area contributed by atoms with E-state index < -0.39 is 0 Å². The zero-order chi connectivity index (χ0) is 18.7.